The third kappa shape index (κ3) is 4.85. The monoisotopic (exact) mass is 357 g/mol. The van der Waals surface area contributed by atoms with E-state index in [9.17, 15) is 9.59 Å². The van der Waals surface area contributed by atoms with Gasteiger partial charge in [0.25, 0.3) is 0 Å². The number of amides is 2. The Morgan fingerprint density at radius 2 is 1.92 bits per heavy atom. The minimum Gasteiger partial charge on any atom is -0.342 e. The van der Waals surface area contributed by atoms with E-state index in [1.807, 2.05) is 11.8 Å². The van der Waals surface area contributed by atoms with Crippen molar-refractivity contribution in [3.8, 4) is 0 Å². The van der Waals surface area contributed by atoms with Crippen molar-refractivity contribution in [2.45, 2.75) is 32.6 Å². The first-order valence-corrected chi connectivity index (χ1v) is 10.00. The van der Waals surface area contributed by atoms with Gasteiger partial charge in [-0.05, 0) is 44.8 Å². The summed E-state index contributed by atoms with van der Waals surface area (Å²) in [4.78, 5) is 31.0. The number of carbonyl (C=O) groups excluding carboxylic acids is 2. The summed E-state index contributed by atoms with van der Waals surface area (Å²) in [6.07, 6.45) is 3.68. The van der Waals surface area contributed by atoms with Crippen LogP contribution in [0, 0.1) is 5.92 Å². The summed E-state index contributed by atoms with van der Waals surface area (Å²) in [6.45, 7) is 7.99. The number of nitrogens with zero attached hydrogens (tertiary/aromatic N) is 3. The van der Waals surface area contributed by atoms with Gasteiger partial charge in [-0.3, -0.25) is 9.59 Å². The van der Waals surface area contributed by atoms with Gasteiger partial charge in [0.15, 0.2) is 0 Å². The molecule has 2 aliphatic heterocycles. The molecule has 5 nitrogen and oxygen atoms in total. The van der Waals surface area contributed by atoms with Crippen LogP contribution in [0.3, 0.4) is 0 Å². The molecule has 1 aromatic carbocycles. The van der Waals surface area contributed by atoms with Crippen LogP contribution < -0.4 is 0 Å². The zero-order valence-corrected chi connectivity index (χ0v) is 15.9. The Hall–Kier alpha value is -1.88. The molecule has 142 valence electrons. The van der Waals surface area contributed by atoms with Crippen LogP contribution >= 0.6 is 0 Å². The summed E-state index contributed by atoms with van der Waals surface area (Å²) in [5.74, 6) is 0.177. The standard InChI is InChI=1S/C21H31N3O2/c1-2-23-17-19(16-20(23)25)21(26)24-13-7-12-22(14-15-24)11-6-10-18-8-4-3-5-9-18/h3-5,8-9,19H,2,6-7,10-17H2,1H3. The van der Waals surface area contributed by atoms with Crippen molar-refractivity contribution < 1.29 is 9.59 Å². The molecule has 2 amide bonds. The second kappa shape index (κ2) is 9.17. The maximum Gasteiger partial charge on any atom is 0.228 e. The Balaban J connectivity index is 1.43. The Labute approximate surface area is 156 Å². The van der Waals surface area contributed by atoms with Crippen LogP contribution in [0.25, 0.3) is 0 Å². The Morgan fingerprint density at radius 3 is 2.65 bits per heavy atom. The van der Waals surface area contributed by atoms with Gasteiger partial charge < -0.3 is 14.7 Å². The molecule has 5 heteroatoms. The average Bonchev–Trinajstić information content (AvgIpc) is 2.88. The molecule has 0 aliphatic carbocycles. The van der Waals surface area contributed by atoms with Gasteiger partial charge in [-0.25, -0.2) is 0 Å². The van der Waals surface area contributed by atoms with Gasteiger partial charge in [-0.15, -0.1) is 0 Å². The molecule has 0 saturated carbocycles. The molecular formula is C21H31N3O2. The van der Waals surface area contributed by atoms with Crippen molar-refractivity contribution in [3.05, 3.63) is 35.9 Å². The van der Waals surface area contributed by atoms with Gasteiger partial charge in [0.05, 0.1) is 5.92 Å². The fourth-order valence-electron chi connectivity index (χ4n) is 4.07. The van der Waals surface area contributed by atoms with Crippen molar-refractivity contribution in [3.63, 3.8) is 0 Å². The van der Waals surface area contributed by atoms with E-state index in [1.54, 1.807) is 4.90 Å². The van der Waals surface area contributed by atoms with Crippen LogP contribution in [-0.2, 0) is 16.0 Å². The zero-order valence-electron chi connectivity index (χ0n) is 15.9. The SMILES string of the molecule is CCN1CC(C(=O)N2CCCN(CCCc3ccccc3)CC2)CC1=O. The number of carbonyl (C=O) groups is 2. The van der Waals surface area contributed by atoms with Crippen LogP contribution in [0.2, 0.25) is 0 Å². The van der Waals surface area contributed by atoms with E-state index >= 15 is 0 Å². The molecule has 26 heavy (non-hydrogen) atoms. The van der Waals surface area contributed by atoms with Crippen LogP contribution in [0.15, 0.2) is 30.3 Å². The molecule has 0 aromatic heterocycles. The van der Waals surface area contributed by atoms with E-state index in [0.29, 0.717) is 19.5 Å². The number of benzene rings is 1. The van der Waals surface area contributed by atoms with Gasteiger partial charge in [0, 0.05) is 39.1 Å². The number of hydrogen-bond acceptors (Lipinski definition) is 3. The topological polar surface area (TPSA) is 43.9 Å². The third-order valence-electron chi connectivity index (χ3n) is 5.63. The smallest absolute Gasteiger partial charge is 0.228 e. The number of likely N-dealkylation sites (tertiary alicyclic amines) is 1. The Morgan fingerprint density at radius 1 is 1.12 bits per heavy atom. The van der Waals surface area contributed by atoms with Crippen molar-refractivity contribution in [1.82, 2.24) is 14.7 Å². The van der Waals surface area contributed by atoms with E-state index in [0.717, 1.165) is 52.0 Å². The Kier molecular flexibility index (Phi) is 6.67. The van der Waals surface area contributed by atoms with Gasteiger partial charge in [0.1, 0.15) is 0 Å². The second-order valence-electron chi connectivity index (χ2n) is 7.44. The molecule has 2 aliphatic rings. The highest BCUT2D eigenvalue weighted by Gasteiger charge is 2.36. The molecule has 1 unspecified atom stereocenters. The fraction of sp³-hybridized carbons (Fsp3) is 0.619. The number of hydrogen-bond donors (Lipinski definition) is 0. The molecule has 3 rings (SSSR count). The number of aryl methyl sites for hydroxylation is 1. The lowest BCUT2D eigenvalue weighted by Crippen LogP contribution is -2.40. The first kappa shape index (κ1) is 18.9. The largest absolute Gasteiger partial charge is 0.342 e. The van der Waals surface area contributed by atoms with Gasteiger partial charge in [-0.1, -0.05) is 30.3 Å². The van der Waals surface area contributed by atoms with Crippen LogP contribution in [-0.4, -0.2) is 72.3 Å². The highest BCUT2D eigenvalue weighted by atomic mass is 16.2. The lowest BCUT2D eigenvalue weighted by Gasteiger charge is -2.24. The summed E-state index contributed by atoms with van der Waals surface area (Å²) in [5.41, 5.74) is 1.39. The minimum absolute atomic E-state index is 0.128. The van der Waals surface area contributed by atoms with Crippen molar-refractivity contribution >= 4 is 11.8 Å². The molecule has 1 aromatic rings. The quantitative estimate of drug-likeness (QED) is 0.782. The highest BCUT2D eigenvalue weighted by molar-refractivity contribution is 5.89. The van der Waals surface area contributed by atoms with Crippen LogP contribution in [0.5, 0.6) is 0 Å². The van der Waals surface area contributed by atoms with E-state index in [2.05, 4.69) is 35.2 Å². The zero-order chi connectivity index (χ0) is 18.4. The minimum atomic E-state index is -0.132. The first-order chi connectivity index (χ1) is 12.7. The molecular weight excluding hydrogens is 326 g/mol. The summed E-state index contributed by atoms with van der Waals surface area (Å²) >= 11 is 0. The molecule has 0 radical (unpaired) electrons. The molecule has 2 saturated heterocycles. The molecule has 0 N–H and O–H groups in total. The normalized spacial score (nSPS) is 21.9. The molecule has 2 fully saturated rings. The van der Waals surface area contributed by atoms with Gasteiger partial charge >= 0.3 is 0 Å². The van der Waals surface area contributed by atoms with Crippen LogP contribution in [0.1, 0.15) is 31.7 Å². The third-order valence-corrected chi connectivity index (χ3v) is 5.63. The maximum atomic E-state index is 12.8. The van der Waals surface area contributed by atoms with E-state index in [1.165, 1.54) is 5.56 Å². The second-order valence-corrected chi connectivity index (χ2v) is 7.44. The van der Waals surface area contributed by atoms with Gasteiger partial charge in [-0.2, -0.15) is 0 Å². The molecule has 0 bridgehead atoms. The highest BCUT2D eigenvalue weighted by Crippen LogP contribution is 2.20. The number of rotatable bonds is 6. The molecule has 2 heterocycles. The van der Waals surface area contributed by atoms with Crippen molar-refractivity contribution in [2.24, 2.45) is 5.92 Å². The molecule has 0 spiro atoms. The maximum absolute atomic E-state index is 12.8. The summed E-state index contributed by atoms with van der Waals surface area (Å²) in [6, 6.07) is 10.6. The van der Waals surface area contributed by atoms with Crippen LogP contribution in [0.4, 0.5) is 0 Å². The van der Waals surface area contributed by atoms with Crippen molar-refractivity contribution in [2.75, 3.05) is 45.8 Å². The van der Waals surface area contributed by atoms with Gasteiger partial charge in [0.2, 0.25) is 11.8 Å². The lowest BCUT2D eigenvalue weighted by molar-refractivity contribution is -0.135. The average molecular weight is 357 g/mol. The summed E-state index contributed by atoms with van der Waals surface area (Å²) in [5, 5.41) is 0. The molecule has 1 atom stereocenters. The summed E-state index contributed by atoms with van der Waals surface area (Å²) in [7, 11) is 0. The van der Waals surface area contributed by atoms with E-state index < -0.39 is 0 Å². The van der Waals surface area contributed by atoms with E-state index in [-0.39, 0.29) is 17.7 Å². The van der Waals surface area contributed by atoms with E-state index in [4.69, 9.17) is 0 Å². The Bertz CT molecular complexity index is 605. The summed E-state index contributed by atoms with van der Waals surface area (Å²) < 4.78 is 0. The predicted molar refractivity (Wildman–Crippen MR) is 103 cm³/mol. The fourth-order valence-corrected chi connectivity index (χ4v) is 4.07. The lowest BCUT2D eigenvalue weighted by atomic mass is 10.1. The predicted octanol–water partition coefficient (Wildman–Crippen LogP) is 2.02. The first-order valence-electron chi connectivity index (χ1n) is 10.00. The van der Waals surface area contributed by atoms with Crippen molar-refractivity contribution in [1.29, 1.82) is 0 Å².